The average molecular weight is 234 g/mol. The van der Waals surface area contributed by atoms with E-state index in [0.29, 0.717) is 5.92 Å². The Hall–Kier alpha value is -1.31. The highest BCUT2D eigenvalue weighted by Gasteiger charge is 2.06. The summed E-state index contributed by atoms with van der Waals surface area (Å²) in [6.07, 6.45) is 0. The van der Waals surface area contributed by atoms with Crippen LogP contribution in [0.15, 0.2) is 54.6 Å². The Morgan fingerprint density at radius 1 is 0.812 bits per heavy atom. The lowest BCUT2D eigenvalue weighted by atomic mass is 9.93. The third-order valence-electron chi connectivity index (χ3n) is 2.67. The van der Waals surface area contributed by atoms with Gasteiger partial charge >= 0.3 is 0 Å². The molecular formula is C14H16ClN. The summed E-state index contributed by atoms with van der Waals surface area (Å²) >= 11 is 5.86. The van der Waals surface area contributed by atoms with Gasteiger partial charge in [0.15, 0.2) is 0 Å². The lowest BCUT2D eigenvalue weighted by Gasteiger charge is -2.12. The van der Waals surface area contributed by atoms with Gasteiger partial charge in [-0.1, -0.05) is 61.0 Å². The van der Waals surface area contributed by atoms with Crippen LogP contribution < -0.4 is 6.15 Å². The molecule has 1 nitrogen and oxygen atoms in total. The molecule has 16 heavy (non-hydrogen) atoms. The van der Waals surface area contributed by atoms with E-state index in [9.17, 15) is 0 Å². The van der Waals surface area contributed by atoms with Gasteiger partial charge in [0, 0.05) is 10.9 Å². The Morgan fingerprint density at radius 3 is 1.88 bits per heavy atom. The number of halogens is 1. The highest BCUT2D eigenvalue weighted by atomic mass is 35.5. The minimum atomic E-state index is 0. The maximum absolute atomic E-state index is 5.86. The van der Waals surface area contributed by atoms with Crippen LogP contribution in [0.5, 0.6) is 0 Å². The smallest absolute Gasteiger partial charge is 0.0406 e. The highest BCUT2D eigenvalue weighted by Crippen LogP contribution is 2.24. The van der Waals surface area contributed by atoms with Crippen molar-refractivity contribution in [1.82, 2.24) is 6.15 Å². The fourth-order valence-corrected chi connectivity index (χ4v) is 1.81. The van der Waals surface area contributed by atoms with Crippen LogP contribution in [0.1, 0.15) is 24.0 Å². The fraction of sp³-hybridized carbons (Fsp3) is 0.143. The van der Waals surface area contributed by atoms with E-state index < -0.39 is 0 Å². The van der Waals surface area contributed by atoms with E-state index in [0.717, 1.165) is 5.02 Å². The lowest BCUT2D eigenvalue weighted by molar-refractivity contribution is 0.922. The summed E-state index contributed by atoms with van der Waals surface area (Å²) in [7, 11) is 0. The van der Waals surface area contributed by atoms with Crippen LogP contribution in [0.2, 0.25) is 5.02 Å². The summed E-state index contributed by atoms with van der Waals surface area (Å²) in [4.78, 5) is 0. The Kier molecular flexibility index (Phi) is 4.53. The van der Waals surface area contributed by atoms with E-state index in [2.05, 4.69) is 43.3 Å². The first-order valence-corrected chi connectivity index (χ1v) is 5.45. The maximum Gasteiger partial charge on any atom is 0.0406 e. The van der Waals surface area contributed by atoms with Gasteiger partial charge in [0.2, 0.25) is 0 Å². The minimum Gasteiger partial charge on any atom is -0.344 e. The molecule has 0 aliphatic heterocycles. The van der Waals surface area contributed by atoms with Crippen LogP contribution in [0.4, 0.5) is 0 Å². The van der Waals surface area contributed by atoms with Crippen molar-refractivity contribution in [3.8, 4) is 0 Å². The molecule has 0 amide bonds. The summed E-state index contributed by atoms with van der Waals surface area (Å²) in [5.74, 6) is 0.420. The molecule has 84 valence electrons. The summed E-state index contributed by atoms with van der Waals surface area (Å²) in [5, 5.41) is 0.791. The first kappa shape index (κ1) is 12.8. The van der Waals surface area contributed by atoms with Crippen LogP contribution in [0.3, 0.4) is 0 Å². The van der Waals surface area contributed by atoms with Crippen molar-refractivity contribution in [2.24, 2.45) is 0 Å². The molecule has 0 aliphatic rings. The molecule has 0 radical (unpaired) electrons. The van der Waals surface area contributed by atoms with Gasteiger partial charge in [-0.25, -0.2) is 0 Å². The van der Waals surface area contributed by atoms with Crippen LogP contribution in [0, 0.1) is 0 Å². The van der Waals surface area contributed by atoms with Gasteiger partial charge in [0.25, 0.3) is 0 Å². The van der Waals surface area contributed by atoms with Crippen molar-refractivity contribution in [3.63, 3.8) is 0 Å². The van der Waals surface area contributed by atoms with E-state index in [1.807, 2.05) is 18.2 Å². The first-order chi connectivity index (χ1) is 7.27. The molecule has 0 saturated carbocycles. The predicted molar refractivity (Wildman–Crippen MR) is 70.4 cm³/mol. The van der Waals surface area contributed by atoms with Crippen LogP contribution in [0.25, 0.3) is 0 Å². The largest absolute Gasteiger partial charge is 0.344 e. The monoisotopic (exact) mass is 233 g/mol. The second kappa shape index (κ2) is 5.69. The van der Waals surface area contributed by atoms with E-state index in [4.69, 9.17) is 11.6 Å². The van der Waals surface area contributed by atoms with Gasteiger partial charge in [-0.3, -0.25) is 0 Å². The van der Waals surface area contributed by atoms with E-state index in [1.165, 1.54) is 11.1 Å². The Balaban J connectivity index is 0.00000128. The zero-order chi connectivity index (χ0) is 10.7. The van der Waals surface area contributed by atoms with Gasteiger partial charge in [0.1, 0.15) is 0 Å². The normalized spacial score (nSPS) is 11.6. The second-order valence-electron chi connectivity index (χ2n) is 3.68. The number of benzene rings is 2. The van der Waals surface area contributed by atoms with Crippen LogP contribution in [-0.4, -0.2) is 0 Å². The summed E-state index contributed by atoms with van der Waals surface area (Å²) in [6, 6.07) is 18.5. The number of hydrogen-bond donors (Lipinski definition) is 1. The number of hydrogen-bond acceptors (Lipinski definition) is 1. The predicted octanol–water partition coefficient (Wildman–Crippen LogP) is 4.65. The van der Waals surface area contributed by atoms with Gasteiger partial charge in [-0.05, 0) is 23.3 Å². The standard InChI is InChI=1S/C14H13Cl.H3N/c1-11(12-5-3-2-4-6-12)13-7-9-14(15)10-8-13;/h2-11H,1H3;1H3. The third-order valence-corrected chi connectivity index (χ3v) is 2.92. The van der Waals surface area contributed by atoms with Crippen molar-refractivity contribution >= 4 is 11.6 Å². The average Bonchev–Trinajstić information content (AvgIpc) is 2.30. The van der Waals surface area contributed by atoms with E-state index in [-0.39, 0.29) is 6.15 Å². The van der Waals surface area contributed by atoms with Crippen molar-refractivity contribution < 1.29 is 0 Å². The molecule has 0 fully saturated rings. The topological polar surface area (TPSA) is 35.0 Å². The SMILES string of the molecule is CC(c1ccccc1)c1ccc(Cl)cc1.N. The molecular weight excluding hydrogens is 218 g/mol. The van der Waals surface area contributed by atoms with Gasteiger partial charge < -0.3 is 6.15 Å². The molecule has 0 aromatic heterocycles. The Labute approximate surface area is 102 Å². The second-order valence-corrected chi connectivity index (χ2v) is 4.12. The zero-order valence-corrected chi connectivity index (χ0v) is 10.1. The minimum absolute atomic E-state index is 0. The highest BCUT2D eigenvalue weighted by molar-refractivity contribution is 6.30. The molecule has 0 spiro atoms. The summed E-state index contributed by atoms with van der Waals surface area (Å²) in [6.45, 7) is 2.21. The van der Waals surface area contributed by atoms with Crippen molar-refractivity contribution in [2.75, 3.05) is 0 Å². The third kappa shape index (κ3) is 2.84. The molecule has 0 heterocycles. The lowest BCUT2D eigenvalue weighted by Crippen LogP contribution is -1.94. The Bertz CT molecular complexity index is 422. The fourth-order valence-electron chi connectivity index (χ4n) is 1.69. The molecule has 2 aromatic carbocycles. The number of rotatable bonds is 2. The molecule has 2 rings (SSSR count). The van der Waals surface area contributed by atoms with Crippen molar-refractivity contribution in [2.45, 2.75) is 12.8 Å². The summed E-state index contributed by atoms with van der Waals surface area (Å²) in [5.41, 5.74) is 2.63. The first-order valence-electron chi connectivity index (χ1n) is 5.08. The molecule has 1 atom stereocenters. The Morgan fingerprint density at radius 2 is 1.31 bits per heavy atom. The molecule has 0 aliphatic carbocycles. The molecule has 2 aromatic rings. The molecule has 0 bridgehead atoms. The maximum atomic E-state index is 5.86. The van der Waals surface area contributed by atoms with Crippen molar-refractivity contribution in [1.29, 1.82) is 0 Å². The molecule has 1 unspecified atom stereocenters. The molecule has 3 N–H and O–H groups in total. The van der Waals surface area contributed by atoms with Crippen molar-refractivity contribution in [3.05, 3.63) is 70.7 Å². The van der Waals surface area contributed by atoms with E-state index in [1.54, 1.807) is 0 Å². The van der Waals surface area contributed by atoms with E-state index >= 15 is 0 Å². The van der Waals surface area contributed by atoms with Gasteiger partial charge in [-0.2, -0.15) is 0 Å². The van der Waals surface area contributed by atoms with Crippen LogP contribution in [-0.2, 0) is 0 Å². The summed E-state index contributed by atoms with van der Waals surface area (Å²) < 4.78 is 0. The van der Waals surface area contributed by atoms with Gasteiger partial charge in [-0.15, -0.1) is 0 Å². The molecule has 2 heteroatoms. The molecule has 0 saturated heterocycles. The van der Waals surface area contributed by atoms with Crippen LogP contribution >= 0.6 is 11.6 Å². The van der Waals surface area contributed by atoms with Gasteiger partial charge in [0.05, 0.1) is 0 Å². The zero-order valence-electron chi connectivity index (χ0n) is 9.36. The quantitative estimate of drug-likeness (QED) is 0.805.